The van der Waals surface area contributed by atoms with E-state index in [4.69, 9.17) is 0 Å². The molecule has 3 rings (SSSR count). The number of carbonyl (C=O) groups excluding carboxylic acids is 2. The number of pyridine rings is 1. The number of aromatic nitrogens is 1. The van der Waals surface area contributed by atoms with Crippen molar-refractivity contribution in [2.24, 2.45) is 0 Å². The van der Waals surface area contributed by atoms with Crippen LogP contribution in [-0.2, 0) is 11.3 Å². The maximum absolute atomic E-state index is 12.6. The summed E-state index contributed by atoms with van der Waals surface area (Å²) in [6.45, 7) is 0.475. The molecule has 1 aliphatic rings. The van der Waals surface area contributed by atoms with Gasteiger partial charge in [0.1, 0.15) is 5.69 Å². The maximum atomic E-state index is 12.6. The van der Waals surface area contributed by atoms with Crippen LogP contribution in [0, 0.1) is 0 Å². The van der Waals surface area contributed by atoms with E-state index in [-0.39, 0.29) is 11.6 Å². The molecule has 6 nitrogen and oxygen atoms in total. The summed E-state index contributed by atoms with van der Waals surface area (Å²) in [5.74, 6) is -0.613. The number of rotatable bonds is 3. The first kappa shape index (κ1) is 14.1. The van der Waals surface area contributed by atoms with Gasteiger partial charge in [-0.3, -0.25) is 4.79 Å². The molecule has 0 radical (unpaired) electrons. The molecule has 1 amide bonds. The van der Waals surface area contributed by atoms with E-state index in [1.54, 1.807) is 17.0 Å². The fourth-order valence-electron chi connectivity index (χ4n) is 2.47. The number of hydrogen-bond acceptors (Lipinski definition) is 5. The van der Waals surface area contributed by atoms with Gasteiger partial charge in [0, 0.05) is 30.2 Å². The topological polar surface area (TPSA) is 71.5 Å². The second-order valence-corrected chi connectivity index (χ2v) is 4.90. The Kier molecular flexibility index (Phi) is 3.50. The van der Waals surface area contributed by atoms with Gasteiger partial charge in [-0.05, 0) is 29.8 Å². The lowest BCUT2D eigenvalue weighted by atomic mass is 10.1. The van der Waals surface area contributed by atoms with Crippen LogP contribution < -0.4 is 10.2 Å². The van der Waals surface area contributed by atoms with Gasteiger partial charge in [-0.1, -0.05) is 6.07 Å². The van der Waals surface area contributed by atoms with Crippen molar-refractivity contribution >= 4 is 23.3 Å². The van der Waals surface area contributed by atoms with E-state index in [9.17, 15) is 9.59 Å². The minimum absolute atomic E-state index is 0.0888. The zero-order valence-electron chi connectivity index (χ0n) is 12.3. The number of nitrogens with zero attached hydrogens (tertiary/aromatic N) is 2. The lowest BCUT2D eigenvalue weighted by molar-refractivity contribution is 0.0594. The van der Waals surface area contributed by atoms with Gasteiger partial charge < -0.3 is 15.0 Å². The zero-order chi connectivity index (χ0) is 15.7. The highest BCUT2D eigenvalue weighted by Gasteiger charge is 2.29. The highest BCUT2D eigenvalue weighted by molar-refractivity contribution is 6.10. The lowest BCUT2D eigenvalue weighted by Crippen LogP contribution is -2.23. The van der Waals surface area contributed by atoms with Gasteiger partial charge in [0.15, 0.2) is 0 Å². The van der Waals surface area contributed by atoms with Crippen LogP contribution in [-0.4, -0.2) is 31.0 Å². The van der Waals surface area contributed by atoms with Gasteiger partial charge >= 0.3 is 5.97 Å². The van der Waals surface area contributed by atoms with Crippen LogP contribution in [0.2, 0.25) is 0 Å². The Hall–Kier alpha value is -2.89. The molecular formula is C16H15N3O3. The number of ether oxygens (including phenoxy) is 1. The summed E-state index contributed by atoms with van der Waals surface area (Å²) in [4.78, 5) is 29.7. The fourth-order valence-corrected chi connectivity index (χ4v) is 2.47. The molecule has 0 aliphatic carbocycles. The van der Waals surface area contributed by atoms with Crippen LogP contribution in [0.4, 0.5) is 11.4 Å². The monoisotopic (exact) mass is 297 g/mol. The molecule has 1 aromatic carbocycles. The van der Waals surface area contributed by atoms with Crippen molar-refractivity contribution < 1.29 is 14.3 Å². The predicted molar refractivity (Wildman–Crippen MR) is 82.1 cm³/mol. The van der Waals surface area contributed by atoms with Gasteiger partial charge in [-0.15, -0.1) is 0 Å². The van der Waals surface area contributed by atoms with E-state index < -0.39 is 5.97 Å². The first-order valence-electron chi connectivity index (χ1n) is 6.81. The molecule has 0 atom stereocenters. The third kappa shape index (κ3) is 2.28. The van der Waals surface area contributed by atoms with Gasteiger partial charge in [-0.2, -0.15) is 0 Å². The Labute approximate surface area is 127 Å². The average Bonchev–Trinajstić information content (AvgIpc) is 2.90. The Morgan fingerprint density at radius 2 is 2.14 bits per heavy atom. The van der Waals surface area contributed by atoms with Gasteiger partial charge in [0.05, 0.1) is 13.7 Å². The molecule has 1 aliphatic heterocycles. The van der Waals surface area contributed by atoms with Crippen LogP contribution in [0.25, 0.3) is 0 Å². The second-order valence-electron chi connectivity index (χ2n) is 4.90. The number of esters is 1. The van der Waals surface area contributed by atoms with Crippen molar-refractivity contribution in [1.29, 1.82) is 0 Å². The quantitative estimate of drug-likeness (QED) is 0.878. The van der Waals surface area contributed by atoms with E-state index in [1.807, 2.05) is 25.2 Å². The molecule has 0 fully saturated rings. The van der Waals surface area contributed by atoms with Crippen molar-refractivity contribution in [1.82, 2.24) is 4.98 Å². The van der Waals surface area contributed by atoms with E-state index in [1.165, 1.54) is 13.3 Å². The Balaban J connectivity index is 1.95. The first-order valence-corrected chi connectivity index (χ1v) is 6.81. The number of hydrogen-bond donors (Lipinski definition) is 1. The van der Waals surface area contributed by atoms with Crippen molar-refractivity contribution in [2.45, 2.75) is 6.54 Å². The molecule has 0 unspecified atom stereocenters. The number of benzene rings is 1. The van der Waals surface area contributed by atoms with Crippen LogP contribution >= 0.6 is 0 Å². The Bertz CT molecular complexity index is 758. The highest BCUT2D eigenvalue weighted by atomic mass is 16.5. The Morgan fingerprint density at radius 3 is 2.86 bits per heavy atom. The van der Waals surface area contributed by atoms with Crippen molar-refractivity contribution in [2.75, 3.05) is 24.4 Å². The normalized spacial score (nSPS) is 13.0. The van der Waals surface area contributed by atoms with Gasteiger partial charge in [-0.25, -0.2) is 9.78 Å². The minimum atomic E-state index is -0.525. The largest absolute Gasteiger partial charge is 0.464 e. The summed E-state index contributed by atoms with van der Waals surface area (Å²) < 4.78 is 4.66. The molecule has 2 heterocycles. The van der Waals surface area contributed by atoms with E-state index in [0.717, 1.165) is 11.3 Å². The first-order chi connectivity index (χ1) is 10.6. The molecule has 1 aromatic heterocycles. The molecule has 22 heavy (non-hydrogen) atoms. The second kappa shape index (κ2) is 5.48. The van der Waals surface area contributed by atoms with Gasteiger partial charge in [0.25, 0.3) is 5.91 Å². The maximum Gasteiger partial charge on any atom is 0.356 e. The van der Waals surface area contributed by atoms with Crippen molar-refractivity contribution in [3.8, 4) is 0 Å². The van der Waals surface area contributed by atoms with Crippen LogP contribution in [0.5, 0.6) is 0 Å². The number of nitrogens with one attached hydrogen (secondary N) is 1. The third-order valence-corrected chi connectivity index (χ3v) is 3.65. The average molecular weight is 297 g/mol. The number of anilines is 2. The van der Waals surface area contributed by atoms with E-state index in [2.05, 4.69) is 15.0 Å². The van der Waals surface area contributed by atoms with Crippen molar-refractivity contribution in [3.05, 3.63) is 53.3 Å². The van der Waals surface area contributed by atoms with Crippen LogP contribution in [0.3, 0.4) is 0 Å². The molecular weight excluding hydrogens is 282 g/mol. The number of methoxy groups -OCH3 is 1. The Morgan fingerprint density at radius 1 is 1.32 bits per heavy atom. The molecule has 0 saturated heterocycles. The smallest absolute Gasteiger partial charge is 0.356 e. The number of fused-ring (bicyclic) bond motifs is 1. The van der Waals surface area contributed by atoms with Gasteiger partial charge in [0.2, 0.25) is 0 Å². The third-order valence-electron chi connectivity index (χ3n) is 3.65. The van der Waals surface area contributed by atoms with Crippen molar-refractivity contribution in [3.63, 3.8) is 0 Å². The van der Waals surface area contributed by atoms with Crippen LogP contribution in [0.1, 0.15) is 26.4 Å². The summed E-state index contributed by atoms with van der Waals surface area (Å²) in [5, 5.41) is 3.02. The zero-order valence-corrected chi connectivity index (χ0v) is 12.3. The predicted octanol–water partition coefficient (Wildman–Crippen LogP) is 2.07. The summed E-state index contributed by atoms with van der Waals surface area (Å²) >= 11 is 0. The molecule has 6 heteroatoms. The standard InChI is InChI=1S/C16H15N3O3/c1-17-11-4-3-10-9-19(15(20)13(10)7-11)12-5-6-18-14(8-12)16(21)22-2/h3-8,17H,9H2,1-2H3. The molecule has 1 N–H and O–H groups in total. The molecule has 0 bridgehead atoms. The molecule has 2 aromatic rings. The fraction of sp³-hybridized carbons (Fsp3) is 0.188. The van der Waals surface area contributed by atoms with E-state index in [0.29, 0.717) is 17.8 Å². The molecule has 0 spiro atoms. The number of amides is 1. The number of carbonyl (C=O) groups is 2. The van der Waals surface area contributed by atoms with E-state index >= 15 is 0 Å². The SMILES string of the molecule is CNc1ccc2c(c1)C(=O)N(c1ccnc(C(=O)OC)c1)C2. The summed E-state index contributed by atoms with van der Waals surface area (Å²) in [6, 6.07) is 8.97. The summed E-state index contributed by atoms with van der Waals surface area (Å²) in [7, 11) is 3.11. The minimum Gasteiger partial charge on any atom is -0.464 e. The molecule has 112 valence electrons. The highest BCUT2D eigenvalue weighted by Crippen LogP contribution is 2.30. The molecule has 0 saturated carbocycles. The van der Waals surface area contributed by atoms with Crippen LogP contribution in [0.15, 0.2) is 36.5 Å². The summed E-state index contributed by atoms with van der Waals surface area (Å²) in [6.07, 6.45) is 1.50. The lowest BCUT2D eigenvalue weighted by Gasteiger charge is -2.15. The summed E-state index contributed by atoms with van der Waals surface area (Å²) in [5.41, 5.74) is 3.32.